The summed E-state index contributed by atoms with van der Waals surface area (Å²) in [6.07, 6.45) is 0. The quantitative estimate of drug-likeness (QED) is 0.803. The Bertz CT molecular complexity index is 523. The SMILES string of the molecule is CC(C)C1NC(=O)C(C)(C)N(CCS(=O)(=O)C(C)C)C1=O. The van der Waals surface area contributed by atoms with E-state index in [1.807, 2.05) is 13.8 Å². The topological polar surface area (TPSA) is 83.6 Å². The lowest BCUT2D eigenvalue weighted by Gasteiger charge is -2.45. The lowest BCUT2D eigenvalue weighted by Crippen LogP contribution is -2.69. The predicted octanol–water partition coefficient (Wildman–Crippen LogP) is 0.571. The molecule has 1 aliphatic heterocycles. The molecule has 1 saturated heterocycles. The van der Waals surface area contributed by atoms with Crippen molar-refractivity contribution in [3.63, 3.8) is 0 Å². The molecule has 1 unspecified atom stereocenters. The second kappa shape index (κ2) is 5.94. The van der Waals surface area contributed by atoms with E-state index in [1.165, 1.54) is 4.90 Å². The van der Waals surface area contributed by atoms with Gasteiger partial charge in [0.25, 0.3) is 0 Å². The Hall–Kier alpha value is -1.11. The van der Waals surface area contributed by atoms with Crippen LogP contribution in [-0.2, 0) is 19.4 Å². The molecule has 1 N–H and O–H groups in total. The van der Waals surface area contributed by atoms with E-state index >= 15 is 0 Å². The average molecular weight is 318 g/mol. The second-order valence-corrected chi connectivity index (χ2v) is 9.34. The molecule has 0 aliphatic carbocycles. The zero-order chi connectivity index (χ0) is 16.6. The maximum atomic E-state index is 12.5. The molecular formula is C14H26N2O4S. The van der Waals surface area contributed by atoms with Crippen LogP contribution in [0.2, 0.25) is 0 Å². The van der Waals surface area contributed by atoms with Crippen molar-refractivity contribution >= 4 is 21.7 Å². The molecule has 7 heteroatoms. The van der Waals surface area contributed by atoms with Crippen molar-refractivity contribution in [1.82, 2.24) is 10.2 Å². The van der Waals surface area contributed by atoms with Gasteiger partial charge in [-0.1, -0.05) is 13.8 Å². The third-order valence-electron chi connectivity index (χ3n) is 4.03. The predicted molar refractivity (Wildman–Crippen MR) is 81.5 cm³/mol. The molecule has 0 aromatic carbocycles. The van der Waals surface area contributed by atoms with Gasteiger partial charge in [0, 0.05) is 6.54 Å². The first kappa shape index (κ1) is 17.9. The summed E-state index contributed by atoms with van der Waals surface area (Å²) in [6.45, 7) is 10.2. The van der Waals surface area contributed by atoms with Crippen LogP contribution in [0.5, 0.6) is 0 Å². The third kappa shape index (κ3) is 3.56. The van der Waals surface area contributed by atoms with Crippen LogP contribution in [0.25, 0.3) is 0 Å². The number of nitrogens with zero attached hydrogens (tertiary/aromatic N) is 1. The highest BCUT2D eigenvalue weighted by molar-refractivity contribution is 7.92. The highest BCUT2D eigenvalue weighted by Gasteiger charge is 2.47. The lowest BCUT2D eigenvalue weighted by molar-refractivity contribution is -0.156. The van der Waals surface area contributed by atoms with Crippen LogP contribution >= 0.6 is 0 Å². The number of carbonyl (C=O) groups is 2. The van der Waals surface area contributed by atoms with Crippen molar-refractivity contribution in [2.24, 2.45) is 5.92 Å². The van der Waals surface area contributed by atoms with E-state index < -0.39 is 26.7 Å². The van der Waals surface area contributed by atoms with E-state index in [4.69, 9.17) is 0 Å². The van der Waals surface area contributed by atoms with Crippen molar-refractivity contribution in [2.45, 2.75) is 58.4 Å². The second-order valence-electron chi connectivity index (χ2n) is 6.66. The fourth-order valence-electron chi connectivity index (χ4n) is 2.24. The number of hydrogen-bond donors (Lipinski definition) is 1. The first-order chi connectivity index (χ1) is 9.41. The fourth-order valence-corrected chi connectivity index (χ4v) is 3.15. The van der Waals surface area contributed by atoms with Crippen molar-refractivity contribution in [1.29, 1.82) is 0 Å². The lowest BCUT2D eigenvalue weighted by atomic mass is 9.91. The van der Waals surface area contributed by atoms with Crippen LogP contribution in [0.15, 0.2) is 0 Å². The van der Waals surface area contributed by atoms with Crippen molar-refractivity contribution in [2.75, 3.05) is 12.3 Å². The first-order valence-electron chi connectivity index (χ1n) is 7.25. The highest BCUT2D eigenvalue weighted by atomic mass is 32.2. The Kier molecular flexibility index (Phi) is 5.08. The van der Waals surface area contributed by atoms with Gasteiger partial charge < -0.3 is 10.2 Å². The Balaban J connectivity index is 3.00. The van der Waals surface area contributed by atoms with Crippen LogP contribution < -0.4 is 5.32 Å². The van der Waals surface area contributed by atoms with Crippen LogP contribution in [0.4, 0.5) is 0 Å². The van der Waals surface area contributed by atoms with Gasteiger partial charge in [0.1, 0.15) is 11.6 Å². The largest absolute Gasteiger partial charge is 0.342 e. The van der Waals surface area contributed by atoms with E-state index in [1.54, 1.807) is 27.7 Å². The minimum atomic E-state index is -3.25. The minimum absolute atomic E-state index is 0.0400. The minimum Gasteiger partial charge on any atom is -0.342 e. The summed E-state index contributed by atoms with van der Waals surface area (Å²) in [5, 5.41) is 2.24. The molecule has 21 heavy (non-hydrogen) atoms. The van der Waals surface area contributed by atoms with Crippen LogP contribution in [0.1, 0.15) is 41.5 Å². The number of sulfone groups is 1. The molecule has 1 rings (SSSR count). The Morgan fingerprint density at radius 1 is 1.19 bits per heavy atom. The number of amides is 2. The smallest absolute Gasteiger partial charge is 0.246 e. The summed E-state index contributed by atoms with van der Waals surface area (Å²) < 4.78 is 23.9. The standard InChI is InChI=1S/C14H26N2O4S/c1-9(2)11-12(17)16(14(5,6)13(18)15-11)7-8-21(19,20)10(3)4/h9-11H,7-8H2,1-6H3,(H,15,18). The number of rotatable bonds is 5. The molecule has 1 fully saturated rings. The highest BCUT2D eigenvalue weighted by Crippen LogP contribution is 2.24. The Morgan fingerprint density at radius 2 is 1.71 bits per heavy atom. The zero-order valence-corrected chi connectivity index (χ0v) is 14.5. The normalized spacial score (nSPS) is 22.9. The van der Waals surface area contributed by atoms with Gasteiger partial charge in [0.15, 0.2) is 9.84 Å². The van der Waals surface area contributed by atoms with Gasteiger partial charge in [-0.25, -0.2) is 8.42 Å². The summed E-state index contributed by atoms with van der Waals surface area (Å²) >= 11 is 0. The number of nitrogens with one attached hydrogen (secondary N) is 1. The van der Waals surface area contributed by atoms with E-state index in [0.717, 1.165) is 0 Å². The molecule has 6 nitrogen and oxygen atoms in total. The van der Waals surface area contributed by atoms with E-state index in [9.17, 15) is 18.0 Å². The first-order valence-corrected chi connectivity index (χ1v) is 8.96. The van der Waals surface area contributed by atoms with Gasteiger partial charge in [0.05, 0.1) is 11.0 Å². The fraction of sp³-hybridized carbons (Fsp3) is 0.857. The van der Waals surface area contributed by atoms with Crippen molar-refractivity contribution in [3.05, 3.63) is 0 Å². The van der Waals surface area contributed by atoms with Crippen molar-refractivity contribution < 1.29 is 18.0 Å². The molecule has 0 radical (unpaired) electrons. The molecule has 0 bridgehead atoms. The van der Waals surface area contributed by atoms with Gasteiger partial charge in [0.2, 0.25) is 11.8 Å². The molecule has 0 spiro atoms. The maximum Gasteiger partial charge on any atom is 0.246 e. The van der Waals surface area contributed by atoms with E-state index in [0.29, 0.717) is 0 Å². The number of carbonyl (C=O) groups excluding carboxylic acids is 2. The molecule has 1 aliphatic rings. The molecule has 122 valence electrons. The van der Waals surface area contributed by atoms with Crippen LogP contribution in [-0.4, -0.2) is 54.3 Å². The molecule has 1 heterocycles. The van der Waals surface area contributed by atoms with Gasteiger partial charge in [-0.15, -0.1) is 0 Å². The van der Waals surface area contributed by atoms with Gasteiger partial charge in [-0.2, -0.15) is 0 Å². The summed E-state index contributed by atoms with van der Waals surface area (Å²) in [5.74, 6) is -0.629. The molecule has 0 aromatic rings. The number of hydrogen-bond acceptors (Lipinski definition) is 4. The van der Waals surface area contributed by atoms with E-state index in [-0.39, 0.29) is 30.0 Å². The maximum absolute atomic E-state index is 12.5. The monoisotopic (exact) mass is 318 g/mol. The Labute approximate surface area is 127 Å². The third-order valence-corrected chi connectivity index (χ3v) is 6.22. The van der Waals surface area contributed by atoms with Crippen LogP contribution in [0.3, 0.4) is 0 Å². The van der Waals surface area contributed by atoms with Crippen LogP contribution in [0, 0.1) is 5.92 Å². The summed E-state index contributed by atoms with van der Waals surface area (Å²) in [7, 11) is -3.25. The summed E-state index contributed by atoms with van der Waals surface area (Å²) in [5.41, 5.74) is -1.03. The molecule has 0 saturated carbocycles. The van der Waals surface area contributed by atoms with Gasteiger partial charge in [-0.05, 0) is 33.6 Å². The number of piperazine rings is 1. The molecular weight excluding hydrogens is 292 g/mol. The van der Waals surface area contributed by atoms with E-state index in [2.05, 4.69) is 5.32 Å². The zero-order valence-electron chi connectivity index (χ0n) is 13.6. The molecule has 0 aromatic heterocycles. The molecule has 2 amide bonds. The summed E-state index contributed by atoms with van der Waals surface area (Å²) in [4.78, 5) is 26.1. The Morgan fingerprint density at radius 3 is 2.14 bits per heavy atom. The average Bonchev–Trinajstić information content (AvgIpc) is 2.32. The van der Waals surface area contributed by atoms with Crippen molar-refractivity contribution in [3.8, 4) is 0 Å². The van der Waals surface area contributed by atoms with Gasteiger partial charge >= 0.3 is 0 Å². The van der Waals surface area contributed by atoms with Gasteiger partial charge in [-0.3, -0.25) is 9.59 Å². The molecule has 1 atom stereocenters. The summed E-state index contributed by atoms with van der Waals surface area (Å²) in [6, 6.07) is -0.590.